The SMILES string of the molecule is C[C@@H]1OC(=O)c2ccc(Nc3cc4c(C(C)(N)C5CCC5)cnc(OC5CC5)c4cn3)nc2[C@H]1C. The Bertz CT molecular complexity index is 1320. The number of nitrogens with one attached hydrogen (secondary N) is 1. The lowest BCUT2D eigenvalue weighted by atomic mass is 9.68. The van der Waals surface area contributed by atoms with Gasteiger partial charge in [-0.2, -0.15) is 0 Å². The Morgan fingerprint density at radius 3 is 2.60 bits per heavy atom. The molecular formula is C27H31N5O3. The molecule has 6 rings (SSSR count). The molecule has 3 N–H and O–H groups in total. The summed E-state index contributed by atoms with van der Waals surface area (Å²) in [5.41, 5.74) is 8.69. The Morgan fingerprint density at radius 2 is 1.89 bits per heavy atom. The molecule has 8 heteroatoms. The van der Waals surface area contributed by atoms with E-state index in [1.807, 2.05) is 32.3 Å². The average molecular weight is 474 g/mol. The number of hydrogen-bond acceptors (Lipinski definition) is 8. The number of anilines is 2. The zero-order valence-electron chi connectivity index (χ0n) is 20.4. The van der Waals surface area contributed by atoms with Gasteiger partial charge in [-0.1, -0.05) is 13.3 Å². The summed E-state index contributed by atoms with van der Waals surface area (Å²) in [4.78, 5) is 26.3. The fraction of sp³-hybridized carbons (Fsp3) is 0.481. The standard InChI is InChI=1S/C27H31N5O3/c1-14-15(2)34-26(33)18-9-10-22(32-24(14)18)31-23-11-19-20(12-29-23)25(35-17-7-8-17)30-13-21(19)27(3,28)16-5-4-6-16/h9-17H,4-8,28H2,1-3H3,(H,29,31,32)/t14-,15-,27?/m0/s1. The van der Waals surface area contributed by atoms with Crippen molar-refractivity contribution < 1.29 is 14.3 Å². The molecular weight excluding hydrogens is 442 g/mol. The van der Waals surface area contributed by atoms with Crippen LogP contribution in [0.1, 0.15) is 80.4 Å². The molecule has 1 unspecified atom stereocenters. The number of pyridine rings is 3. The average Bonchev–Trinajstić information content (AvgIpc) is 3.60. The minimum absolute atomic E-state index is 0.00856. The van der Waals surface area contributed by atoms with Crippen LogP contribution < -0.4 is 15.8 Å². The smallest absolute Gasteiger partial charge is 0.340 e. The molecule has 8 nitrogen and oxygen atoms in total. The van der Waals surface area contributed by atoms with Crippen LogP contribution in [0.4, 0.5) is 11.6 Å². The Hall–Kier alpha value is -3.26. The zero-order valence-corrected chi connectivity index (χ0v) is 20.4. The number of hydrogen-bond donors (Lipinski definition) is 2. The predicted molar refractivity (Wildman–Crippen MR) is 133 cm³/mol. The maximum absolute atomic E-state index is 12.3. The van der Waals surface area contributed by atoms with E-state index < -0.39 is 5.54 Å². The first kappa shape index (κ1) is 22.2. The highest BCUT2D eigenvalue weighted by Crippen LogP contribution is 2.44. The third-order valence-electron chi connectivity index (χ3n) is 7.90. The Morgan fingerprint density at radius 1 is 1.09 bits per heavy atom. The van der Waals surface area contributed by atoms with Crippen molar-refractivity contribution in [1.29, 1.82) is 0 Å². The summed E-state index contributed by atoms with van der Waals surface area (Å²) < 4.78 is 11.5. The van der Waals surface area contributed by atoms with E-state index >= 15 is 0 Å². The van der Waals surface area contributed by atoms with Gasteiger partial charge in [0.15, 0.2) is 0 Å². The maximum atomic E-state index is 12.3. The molecule has 0 amide bonds. The van der Waals surface area contributed by atoms with E-state index in [1.165, 1.54) is 6.42 Å². The molecule has 4 heterocycles. The highest BCUT2D eigenvalue weighted by molar-refractivity contribution is 5.93. The number of rotatable bonds is 6. The Balaban J connectivity index is 1.39. The molecule has 1 aliphatic heterocycles. The molecule has 3 aromatic rings. The predicted octanol–water partition coefficient (Wildman–Crippen LogP) is 4.95. The summed E-state index contributed by atoms with van der Waals surface area (Å²) in [7, 11) is 0. The van der Waals surface area contributed by atoms with Gasteiger partial charge in [0.2, 0.25) is 5.88 Å². The Kier molecular flexibility index (Phi) is 5.18. The van der Waals surface area contributed by atoms with Gasteiger partial charge in [-0.25, -0.2) is 19.7 Å². The summed E-state index contributed by atoms with van der Waals surface area (Å²) in [6.07, 6.45) is 9.30. The largest absolute Gasteiger partial charge is 0.474 e. The van der Waals surface area contributed by atoms with Crippen LogP contribution in [-0.4, -0.2) is 33.1 Å². The molecule has 35 heavy (non-hydrogen) atoms. The third-order valence-corrected chi connectivity index (χ3v) is 7.90. The van der Waals surface area contributed by atoms with Crippen molar-refractivity contribution in [2.45, 2.75) is 76.5 Å². The first-order chi connectivity index (χ1) is 16.8. The topological polar surface area (TPSA) is 112 Å². The normalized spacial score (nSPS) is 23.7. The summed E-state index contributed by atoms with van der Waals surface area (Å²) in [6.45, 7) is 6.01. The molecule has 2 saturated carbocycles. The minimum Gasteiger partial charge on any atom is -0.474 e. The fourth-order valence-electron chi connectivity index (χ4n) is 5.03. The molecule has 0 aromatic carbocycles. The molecule has 2 fully saturated rings. The van der Waals surface area contributed by atoms with Crippen LogP contribution in [0, 0.1) is 5.92 Å². The second kappa shape index (κ2) is 8.16. The number of nitrogens with zero attached hydrogens (tertiary/aromatic N) is 3. The van der Waals surface area contributed by atoms with Crippen LogP contribution in [0.3, 0.4) is 0 Å². The van der Waals surface area contributed by atoms with Gasteiger partial charge in [-0.3, -0.25) is 0 Å². The van der Waals surface area contributed by atoms with E-state index in [2.05, 4.69) is 22.2 Å². The maximum Gasteiger partial charge on any atom is 0.340 e. The summed E-state index contributed by atoms with van der Waals surface area (Å²) in [5, 5.41) is 5.20. The summed E-state index contributed by atoms with van der Waals surface area (Å²) >= 11 is 0. The van der Waals surface area contributed by atoms with Crippen molar-refractivity contribution in [2.24, 2.45) is 11.7 Å². The number of carbonyl (C=O) groups excluding carboxylic acids is 1. The van der Waals surface area contributed by atoms with Crippen molar-refractivity contribution in [3.05, 3.63) is 47.4 Å². The Labute approximate surface area is 204 Å². The van der Waals surface area contributed by atoms with Crippen LogP contribution in [-0.2, 0) is 10.3 Å². The number of aromatic nitrogens is 3. The van der Waals surface area contributed by atoms with Gasteiger partial charge < -0.3 is 20.5 Å². The molecule has 3 aromatic heterocycles. The number of cyclic esters (lactones) is 1. The molecule has 0 radical (unpaired) electrons. The van der Waals surface area contributed by atoms with Crippen molar-refractivity contribution in [3.63, 3.8) is 0 Å². The van der Waals surface area contributed by atoms with E-state index in [1.54, 1.807) is 12.1 Å². The zero-order chi connectivity index (χ0) is 24.3. The van der Waals surface area contributed by atoms with E-state index in [-0.39, 0.29) is 24.1 Å². The van der Waals surface area contributed by atoms with Crippen molar-refractivity contribution >= 4 is 28.4 Å². The number of ether oxygens (including phenoxy) is 2. The van der Waals surface area contributed by atoms with Crippen molar-refractivity contribution in [1.82, 2.24) is 15.0 Å². The molecule has 0 spiro atoms. The third kappa shape index (κ3) is 3.89. The van der Waals surface area contributed by atoms with Gasteiger partial charge in [0, 0.05) is 23.9 Å². The number of nitrogens with two attached hydrogens (primary N) is 1. The van der Waals surface area contributed by atoms with Gasteiger partial charge in [0.05, 0.1) is 16.6 Å². The number of esters is 1. The lowest BCUT2D eigenvalue weighted by molar-refractivity contribution is 0.0235. The van der Waals surface area contributed by atoms with E-state index in [4.69, 9.17) is 20.2 Å². The van der Waals surface area contributed by atoms with E-state index in [0.717, 1.165) is 47.7 Å². The van der Waals surface area contributed by atoms with Gasteiger partial charge in [-0.15, -0.1) is 0 Å². The monoisotopic (exact) mass is 473 g/mol. The van der Waals surface area contributed by atoms with Crippen LogP contribution in [0.5, 0.6) is 5.88 Å². The summed E-state index contributed by atoms with van der Waals surface area (Å²) in [6, 6.07) is 5.56. The lowest BCUT2D eigenvalue weighted by Gasteiger charge is -2.41. The van der Waals surface area contributed by atoms with Crippen LogP contribution in [0.15, 0.2) is 30.6 Å². The highest BCUT2D eigenvalue weighted by Gasteiger charge is 2.38. The lowest BCUT2D eigenvalue weighted by Crippen LogP contribution is -2.44. The van der Waals surface area contributed by atoms with Crippen molar-refractivity contribution in [2.75, 3.05) is 5.32 Å². The first-order valence-electron chi connectivity index (χ1n) is 12.5. The van der Waals surface area contributed by atoms with Crippen LogP contribution >= 0.6 is 0 Å². The summed E-state index contributed by atoms with van der Waals surface area (Å²) in [5.74, 6) is 2.00. The van der Waals surface area contributed by atoms with Crippen LogP contribution in [0.25, 0.3) is 10.8 Å². The molecule has 2 aliphatic carbocycles. The second-order valence-electron chi connectivity index (χ2n) is 10.5. The number of carbonyl (C=O) groups is 1. The van der Waals surface area contributed by atoms with Gasteiger partial charge in [-0.05, 0) is 74.6 Å². The van der Waals surface area contributed by atoms with Gasteiger partial charge in [0.1, 0.15) is 23.8 Å². The van der Waals surface area contributed by atoms with Crippen LogP contribution in [0.2, 0.25) is 0 Å². The van der Waals surface area contributed by atoms with E-state index in [9.17, 15) is 4.79 Å². The van der Waals surface area contributed by atoms with Crippen molar-refractivity contribution in [3.8, 4) is 5.88 Å². The quantitative estimate of drug-likeness (QED) is 0.484. The minimum atomic E-state index is -0.490. The molecule has 3 aliphatic rings. The van der Waals surface area contributed by atoms with E-state index in [0.29, 0.717) is 29.0 Å². The number of fused-ring (bicyclic) bond motifs is 2. The molecule has 3 atom stereocenters. The second-order valence-corrected chi connectivity index (χ2v) is 10.5. The van der Waals surface area contributed by atoms with Gasteiger partial charge >= 0.3 is 5.97 Å². The molecule has 0 saturated heterocycles. The van der Waals surface area contributed by atoms with Gasteiger partial charge in [0.25, 0.3) is 0 Å². The molecule has 182 valence electrons. The highest BCUT2D eigenvalue weighted by atomic mass is 16.5. The molecule has 0 bridgehead atoms. The fourth-order valence-corrected chi connectivity index (χ4v) is 5.03. The first-order valence-corrected chi connectivity index (χ1v) is 12.5.